The maximum atomic E-state index is 12.9. The minimum atomic E-state index is -4.42. The molecule has 0 bridgehead atoms. The lowest BCUT2D eigenvalue weighted by Crippen LogP contribution is -2.26. The van der Waals surface area contributed by atoms with Gasteiger partial charge in [0.05, 0.1) is 30.1 Å². The lowest BCUT2D eigenvalue weighted by molar-refractivity contribution is -0.137. The number of carbonyl (C=O) groups excluding carboxylic acids is 1. The molecule has 38 heavy (non-hydrogen) atoms. The number of halogens is 3. The normalized spacial score (nSPS) is 14.4. The summed E-state index contributed by atoms with van der Waals surface area (Å²) in [6, 6.07) is 16.8. The third kappa shape index (κ3) is 5.19. The van der Waals surface area contributed by atoms with Crippen LogP contribution in [-0.4, -0.2) is 41.2 Å². The van der Waals surface area contributed by atoms with Crippen molar-refractivity contribution in [1.82, 2.24) is 20.3 Å². The molecular formula is C29H27F3N4O2. The van der Waals surface area contributed by atoms with Gasteiger partial charge in [0.15, 0.2) is 0 Å². The Morgan fingerprint density at radius 1 is 1.00 bits per heavy atom. The van der Waals surface area contributed by atoms with Crippen molar-refractivity contribution >= 4 is 5.97 Å². The molecule has 9 heteroatoms. The molecule has 1 N–H and O–H groups in total. The Morgan fingerprint density at radius 3 is 2.32 bits per heavy atom. The van der Waals surface area contributed by atoms with Crippen molar-refractivity contribution < 1.29 is 22.7 Å². The van der Waals surface area contributed by atoms with Gasteiger partial charge >= 0.3 is 12.1 Å². The number of methoxy groups -OCH3 is 1. The molecule has 0 unspecified atom stereocenters. The lowest BCUT2D eigenvalue weighted by Gasteiger charge is -2.23. The first-order valence-electron chi connectivity index (χ1n) is 12.4. The second kappa shape index (κ2) is 10.4. The van der Waals surface area contributed by atoms with Crippen molar-refractivity contribution in [2.45, 2.75) is 31.9 Å². The van der Waals surface area contributed by atoms with E-state index in [9.17, 15) is 18.0 Å². The molecule has 1 fully saturated rings. The summed E-state index contributed by atoms with van der Waals surface area (Å²) >= 11 is 0. The zero-order valence-corrected chi connectivity index (χ0v) is 21.0. The van der Waals surface area contributed by atoms with Crippen LogP contribution in [0.3, 0.4) is 0 Å². The average Bonchev–Trinajstić information content (AvgIpc) is 3.43. The highest BCUT2D eigenvalue weighted by Crippen LogP contribution is 2.34. The van der Waals surface area contributed by atoms with Crippen molar-refractivity contribution in [3.63, 3.8) is 0 Å². The number of hydrogen-bond acceptors (Lipinski definition) is 5. The van der Waals surface area contributed by atoms with Crippen LogP contribution in [0.2, 0.25) is 0 Å². The number of hydrogen-bond donors (Lipinski definition) is 1. The van der Waals surface area contributed by atoms with Crippen molar-refractivity contribution in [2.24, 2.45) is 0 Å². The van der Waals surface area contributed by atoms with Crippen LogP contribution in [-0.2, 0) is 10.9 Å². The van der Waals surface area contributed by atoms with Gasteiger partial charge < -0.3 is 10.1 Å². The quantitative estimate of drug-likeness (QED) is 0.318. The number of esters is 1. The van der Waals surface area contributed by atoms with Gasteiger partial charge in [-0.3, -0.25) is 0 Å². The van der Waals surface area contributed by atoms with E-state index >= 15 is 0 Å². The van der Waals surface area contributed by atoms with Crippen LogP contribution in [0.1, 0.15) is 45.8 Å². The summed E-state index contributed by atoms with van der Waals surface area (Å²) in [5, 5.41) is 11.7. The highest BCUT2D eigenvalue weighted by molar-refractivity contribution is 5.95. The average molecular weight is 521 g/mol. The molecule has 2 heterocycles. The van der Waals surface area contributed by atoms with E-state index in [2.05, 4.69) is 39.9 Å². The van der Waals surface area contributed by atoms with Crippen molar-refractivity contribution in [3.05, 3.63) is 89.1 Å². The van der Waals surface area contributed by atoms with Crippen molar-refractivity contribution in [3.8, 4) is 28.1 Å². The Kier molecular flexibility index (Phi) is 7.03. The molecule has 0 radical (unpaired) electrons. The molecule has 1 saturated heterocycles. The molecule has 0 atom stereocenters. The predicted molar refractivity (Wildman–Crippen MR) is 138 cm³/mol. The zero-order valence-electron chi connectivity index (χ0n) is 21.0. The molecule has 0 saturated carbocycles. The molecule has 1 aliphatic heterocycles. The Bertz CT molecular complexity index is 1440. The van der Waals surface area contributed by atoms with Gasteiger partial charge in [-0.05, 0) is 97.4 Å². The summed E-state index contributed by atoms with van der Waals surface area (Å²) < 4.78 is 45.2. The topological polar surface area (TPSA) is 69.0 Å². The minimum absolute atomic E-state index is 0.409. The van der Waals surface area contributed by atoms with E-state index in [1.807, 2.05) is 13.0 Å². The second-order valence-corrected chi connectivity index (χ2v) is 9.43. The number of carbonyl (C=O) groups is 1. The first kappa shape index (κ1) is 25.7. The molecule has 0 aliphatic carbocycles. The monoisotopic (exact) mass is 520 g/mol. The summed E-state index contributed by atoms with van der Waals surface area (Å²) in [7, 11) is 1.34. The fraction of sp³-hybridized carbons (Fsp3) is 0.276. The molecule has 4 aromatic rings. The molecule has 6 nitrogen and oxygen atoms in total. The number of rotatable bonds is 5. The van der Waals surface area contributed by atoms with Gasteiger partial charge in [0.1, 0.15) is 5.69 Å². The summed E-state index contributed by atoms with van der Waals surface area (Å²) in [6.07, 6.45) is -0.581. The standard InChI is InChI=1S/C29H27F3N4O2/c1-18-25(21-5-3-19(4-6-21)20-11-13-33-14-12-20)15-22(16-26(18)28(37)38-2)27-17-36(35-34-27)24-9-7-23(8-10-24)29(30,31)32/h3-10,15-17,20,33H,11-14H2,1-2H3. The lowest BCUT2D eigenvalue weighted by atomic mass is 9.88. The fourth-order valence-corrected chi connectivity index (χ4v) is 4.90. The Hall–Kier alpha value is -3.98. The number of piperidine rings is 1. The predicted octanol–water partition coefficient (Wildman–Crippen LogP) is 6.18. The van der Waals surface area contributed by atoms with Crippen LogP contribution >= 0.6 is 0 Å². The Balaban J connectivity index is 1.50. The van der Waals surface area contributed by atoms with E-state index < -0.39 is 17.7 Å². The van der Waals surface area contributed by atoms with E-state index in [0.717, 1.165) is 54.8 Å². The molecule has 1 aliphatic rings. The van der Waals surface area contributed by atoms with E-state index in [4.69, 9.17) is 4.74 Å². The largest absolute Gasteiger partial charge is 0.465 e. The third-order valence-corrected chi connectivity index (χ3v) is 7.09. The first-order valence-corrected chi connectivity index (χ1v) is 12.4. The van der Waals surface area contributed by atoms with Gasteiger partial charge in [-0.1, -0.05) is 29.5 Å². The maximum absolute atomic E-state index is 12.9. The molecule has 196 valence electrons. The van der Waals surface area contributed by atoms with Gasteiger partial charge in [0.25, 0.3) is 0 Å². The van der Waals surface area contributed by atoms with E-state index in [1.54, 1.807) is 12.3 Å². The van der Waals surface area contributed by atoms with Crippen LogP contribution in [0.5, 0.6) is 0 Å². The Morgan fingerprint density at radius 2 is 1.68 bits per heavy atom. The number of benzene rings is 3. The summed E-state index contributed by atoms with van der Waals surface area (Å²) in [5.74, 6) is 0.0654. The Labute approximate surface area is 218 Å². The minimum Gasteiger partial charge on any atom is -0.465 e. The third-order valence-electron chi connectivity index (χ3n) is 7.09. The molecule has 0 amide bonds. The molecule has 3 aromatic carbocycles. The number of ether oxygens (including phenoxy) is 1. The number of nitrogens with one attached hydrogen (secondary N) is 1. The summed E-state index contributed by atoms with van der Waals surface area (Å²) in [6.45, 7) is 3.91. The zero-order chi connectivity index (χ0) is 26.9. The van der Waals surface area contributed by atoms with Crippen LogP contribution in [0, 0.1) is 6.92 Å². The van der Waals surface area contributed by atoms with E-state index in [-0.39, 0.29) is 0 Å². The van der Waals surface area contributed by atoms with Crippen molar-refractivity contribution in [2.75, 3.05) is 20.2 Å². The van der Waals surface area contributed by atoms with Gasteiger partial charge in [-0.2, -0.15) is 13.2 Å². The van der Waals surface area contributed by atoms with Crippen LogP contribution < -0.4 is 5.32 Å². The van der Waals surface area contributed by atoms with Gasteiger partial charge in [-0.25, -0.2) is 9.48 Å². The van der Waals surface area contributed by atoms with Gasteiger partial charge in [0.2, 0.25) is 0 Å². The maximum Gasteiger partial charge on any atom is 0.416 e. The first-order chi connectivity index (χ1) is 18.2. The summed E-state index contributed by atoms with van der Waals surface area (Å²) in [5.41, 5.74) is 5.14. The fourth-order valence-electron chi connectivity index (χ4n) is 4.90. The van der Waals surface area contributed by atoms with Gasteiger partial charge in [0, 0.05) is 5.56 Å². The second-order valence-electron chi connectivity index (χ2n) is 9.43. The van der Waals surface area contributed by atoms with Crippen molar-refractivity contribution in [1.29, 1.82) is 0 Å². The van der Waals surface area contributed by atoms with Crippen LogP contribution in [0.25, 0.3) is 28.1 Å². The van der Waals surface area contributed by atoms with E-state index in [1.165, 1.54) is 29.5 Å². The number of alkyl halides is 3. The molecule has 5 rings (SSSR count). The van der Waals surface area contributed by atoms with Crippen LogP contribution in [0.4, 0.5) is 13.2 Å². The highest BCUT2D eigenvalue weighted by Gasteiger charge is 2.30. The highest BCUT2D eigenvalue weighted by atomic mass is 19.4. The van der Waals surface area contributed by atoms with Gasteiger partial charge in [-0.15, -0.1) is 5.10 Å². The molecule has 0 spiro atoms. The molecular weight excluding hydrogens is 493 g/mol. The number of aromatic nitrogens is 3. The summed E-state index contributed by atoms with van der Waals surface area (Å²) in [4.78, 5) is 12.6. The molecule has 1 aromatic heterocycles. The van der Waals surface area contributed by atoms with E-state index in [0.29, 0.717) is 28.4 Å². The number of nitrogens with zero attached hydrogens (tertiary/aromatic N) is 3. The smallest absolute Gasteiger partial charge is 0.416 e. The van der Waals surface area contributed by atoms with Crippen LogP contribution in [0.15, 0.2) is 66.9 Å². The SMILES string of the molecule is COC(=O)c1cc(-c2cn(-c3ccc(C(F)(F)F)cc3)nn2)cc(-c2ccc(C3CCNCC3)cc2)c1C.